The van der Waals surface area contributed by atoms with Crippen molar-refractivity contribution in [3.8, 4) is 5.75 Å². The molecule has 0 bridgehead atoms. The minimum Gasteiger partial charge on any atom is -0.492 e. The predicted octanol–water partition coefficient (Wildman–Crippen LogP) is 3.11. The van der Waals surface area contributed by atoms with Crippen LogP contribution in [0.1, 0.15) is 12.5 Å². The third-order valence-corrected chi connectivity index (χ3v) is 4.08. The summed E-state index contributed by atoms with van der Waals surface area (Å²) in [6.45, 7) is 7.61. The molecule has 0 radical (unpaired) electrons. The lowest BCUT2D eigenvalue weighted by atomic mass is 10.0. The van der Waals surface area contributed by atoms with Crippen LogP contribution in [0.4, 0.5) is 0 Å². The monoisotopic (exact) mass is 285 g/mol. The number of hydrogen-bond donors (Lipinski definition) is 0. The van der Waals surface area contributed by atoms with Crippen LogP contribution in [0.15, 0.2) is 36.4 Å². The first-order chi connectivity index (χ1) is 10.4. The number of nitrogens with zero attached hydrogens (tertiary/aromatic N) is 1. The molecule has 0 amide bonds. The fourth-order valence-electron chi connectivity index (χ4n) is 2.79. The quantitative estimate of drug-likeness (QED) is 0.842. The molecule has 112 valence electrons. The van der Waals surface area contributed by atoms with E-state index in [4.69, 9.17) is 9.47 Å². The number of fused-ring (bicyclic) bond motifs is 1. The van der Waals surface area contributed by atoms with Gasteiger partial charge in [-0.1, -0.05) is 31.2 Å². The lowest BCUT2D eigenvalue weighted by Crippen LogP contribution is -2.38. The summed E-state index contributed by atoms with van der Waals surface area (Å²) in [5.41, 5.74) is 1.29. The first-order valence-electron chi connectivity index (χ1n) is 7.81. The van der Waals surface area contributed by atoms with Crippen molar-refractivity contribution < 1.29 is 9.47 Å². The van der Waals surface area contributed by atoms with Crippen LogP contribution >= 0.6 is 0 Å². The lowest BCUT2D eigenvalue weighted by Gasteiger charge is -2.26. The second-order valence-electron chi connectivity index (χ2n) is 5.46. The molecule has 0 spiro atoms. The van der Waals surface area contributed by atoms with E-state index in [1.165, 1.54) is 16.3 Å². The molecule has 3 rings (SSSR count). The molecule has 0 saturated carbocycles. The molecule has 0 aromatic heterocycles. The largest absolute Gasteiger partial charge is 0.492 e. The molecule has 1 aliphatic rings. The minimum absolute atomic E-state index is 0.741. The van der Waals surface area contributed by atoms with Gasteiger partial charge in [0.2, 0.25) is 0 Å². The van der Waals surface area contributed by atoms with Crippen LogP contribution in [0.2, 0.25) is 0 Å². The summed E-state index contributed by atoms with van der Waals surface area (Å²) < 4.78 is 11.4. The van der Waals surface area contributed by atoms with Gasteiger partial charge >= 0.3 is 0 Å². The van der Waals surface area contributed by atoms with Crippen LogP contribution < -0.4 is 4.74 Å². The standard InChI is InChI=1S/C18H23NO2/c1-2-15-13-16-5-3-4-6-17(16)14-18(15)21-12-9-19-7-10-20-11-8-19/h3-6,13-14H,2,7-12H2,1H3. The average Bonchev–Trinajstić information content (AvgIpc) is 2.55. The van der Waals surface area contributed by atoms with Gasteiger partial charge in [0.05, 0.1) is 13.2 Å². The molecule has 2 aromatic rings. The van der Waals surface area contributed by atoms with Crippen LogP contribution in [0, 0.1) is 0 Å². The molecule has 3 nitrogen and oxygen atoms in total. The number of ether oxygens (including phenoxy) is 2. The molecule has 0 N–H and O–H groups in total. The Morgan fingerprint density at radius 1 is 1.10 bits per heavy atom. The SMILES string of the molecule is CCc1cc2ccccc2cc1OCCN1CCOCC1. The lowest BCUT2D eigenvalue weighted by molar-refractivity contribution is 0.0322. The number of rotatable bonds is 5. The Hall–Kier alpha value is -1.58. The Morgan fingerprint density at radius 2 is 1.81 bits per heavy atom. The first-order valence-corrected chi connectivity index (χ1v) is 7.81. The van der Waals surface area contributed by atoms with Gasteiger partial charge in [0, 0.05) is 19.6 Å². The summed E-state index contributed by atoms with van der Waals surface area (Å²) in [5.74, 6) is 1.03. The van der Waals surface area contributed by atoms with Gasteiger partial charge in [-0.25, -0.2) is 0 Å². The highest BCUT2D eigenvalue weighted by atomic mass is 16.5. The molecule has 21 heavy (non-hydrogen) atoms. The maximum absolute atomic E-state index is 6.06. The van der Waals surface area contributed by atoms with E-state index in [1.54, 1.807) is 0 Å². The van der Waals surface area contributed by atoms with Gasteiger partial charge in [0.1, 0.15) is 12.4 Å². The molecular formula is C18H23NO2. The Labute approximate surface area is 126 Å². The van der Waals surface area contributed by atoms with Crippen molar-refractivity contribution in [3.05, 3.63) is 42.0 Å². The number of hydrogen-bond acceptors (Lipinski definition) is 3. The Bertz CT molecular complexity index is 591. The summed E-state index contributed by atoms with van der Waals surface area (Å²) in [7, 11) is 0. The molecule has 0 unspecified atom stereocenters. The molecule has 1 heterocycles. The highest BCUT2D eigenvalue weighted by Crippen LogP contribution is 2.26. The average molecular weight is 285 g/mol. The third-order valence-electron chi connectivity index (χ3n) is 4.08. The molecule has 1 saturated heterocycles. The van der Waals surface area contributed by atoms with Crippen molar-refractivity contribution in [2.24, 2.45) is 0 Å². The second kappa shape index (κ2) is 6.92. The van der Waals surface area contributed by atoms with E-state index in [0.717, 1.165) is 51.6 Å². The molecular weight excluding hydrogens is 262 g/mol. The van der Waals surface area contributed by atoms with Crippen molar-refractivity contribution in [2.75, 3.05) is 39.5 Å². The smallest absolute Gasteiger partial charge is 0.123 e. The fourth-order valence-corrected chi connectivity index (χ4v) is 2.79. The third kappa shape index (κ3) is 3.55. The Morgan fingerprint density at radius 3 is 2.52 bits per heavy atom. The summed E-state index contributed by atoms with van der Waals surface area (Å²) in [6, 6.07) is 12.9. The van der Waals surface area contributed by atoms with Gasteiger partial charge in [-0.15, -0.1) is 0 Å². The van der Waals surface area contributed by atoms with E-state index in [1.807, 2.05) is 0 Å². The van der Waals surface area contributed by atoms with Crippen molar-refractivity contribution in [1.29, 1.82) is 0 Å². The zero-order valence-corrected chi connectivity index (χ0v) is 12.7. The summed E-state index contributed by atoms with van der Waals surface area (Å²) in [4.78, 5) is 2.40. The summed E-state index contributed by atoms with van der Waals surface area (Å²) >= 11 is 0. The number of aryl methyl sites for hydroxylation is 1. The Balaban J connectivity index is 1.67. The van der Waals surface area contributed by atoms with E-state index < -0.39 is 0 Å². The zero-order valence-electron chi connectivity index (χ0n) is 12.7. The van der Waals surface area contributed by atoms with Gasteiger partial charge in [-0.3, -0.25) is 4.90 Å². The maximum Gasteiger partial charge on any atom is 0.123 e. The molecule has 2 aromatic carbocycles. The van der Waals surface area contributed by atoms with Crippen LogP contribution in [0.25, 0.3) is 10.8 Å². The van der Waals surface area contributed by atoms with Gasteiger partial charge in [0.25, 0.3) is 0 Å². The normalized spacial score (nSPS) is 16.2. The van der Waals surface area contributed by atoms with Crippen LogP contribution in [-0.4, -0.2) is 44.4 Å². The highest BCUT2D eigenvalue weighted by Gasteiger charge is 2.10. The molecule has 3 heteroatoms. The summed E-state index contributed by atoms with van der Waals surface area (Å²) in [6.07, 6.45) is 0.998. The topological polar surface area (TPSA) is 21.7 Å². The molecule has 0 aliphatic carbocycles. The van der Waals surface area contributed by atoms with Crippen molar-refractivity contribution in [3.63, 3.8) is 0 Å². The van der Waals surface area contributed by atoms with E-state index >= 15 is 0 Å². The second-order valence-corrected chi connectivity index (χ2v) is 5.46. The fraction of sp³-hybridized carbons (Fsp3) is 0.444. The summed E-state index contributed by atoms with van der Waals surface area (Å²) in [5, 5.41) is 2.53. The van der Waals surface area contributed by atoms with Gasteiger partial charge in [0.15, 0.2) is 0 Å². The Kier molecular flexibility index (Phi) is 4.73. The molecule has 1 fully saturated rings. The number of morpholine rings is 1. The van der Waals surface area contributed by atoms with Crippen LogP contribution in [-0.2, 0) is 11.2 Å². The van der Waals surface area contributed by atoms with Crippen molar-refractivity contribution in [1.82, 2.24) is 4.90 Å². The molecule has 1 aliphatic heterocycles. The van der Waals surface area contributed by atoms with Crippen molar-refractivity contribution >= 4 is 10.8 Å². The van der Waals surface area contributed by atoms with E-state index in [0.29, 0.717) is 0 Å². The van der Waals surface area contributed by atoms with Crippen molar-refractivity contribution in [2.45, 2.75) is 13.3 Å². The minimum atomic E-state index is 0.741. The van der Waals surface area contributed by atoms with Gasteiger partial charge in [-0.2, -0.15) is 0 Å². The van der Waals surface area contributed by atoms with E-state index in [-0.39, 0.29) is 0 Å². The van der Waals surface area contributed by atoms with Crippen LogP contribution in [0.5, 0.6) is 5.75 Å². The van der Waals surface area contributed by atoms with Gasteiger partial charge < -0.3 is 9.47 Å². The molecule has 0 atom stereocenters. The first kappa shape index (κ1) is 14.4. The predicted molar refractivity (Wildman–Crippen MR) is 86.1 cm³/mol. The van der Waals surface area contributed by atoms with Crippen LogP contribution in [0.3, 0.4) is 0 Å². The highest BCUT2D eigenvalue weighted by molar-refractivity contribution is 5.85. The van der Waals surface area contributed by atoms with Gasteiger partial charge in [-0.05, 0) is 34.9 Å². The maximum atomic E-state index is 6.06. The zero-order chi connectivity index (χ0) is 14.5. The number of benzene rings is 2. The van der Waals surface area contributed by atoms with E-state index in [9.17, 15) is 0 Å². The van der Waals surface area contributed by atoms with E-state index in [2.05, 4.69) is 48.2 Å².